The van der Waals surface area contributed by atoms with Gasteiger partial charge in [-0.15, -0.1) is 0 Å². The standard InChI is InChI=1S/C10H16N2O4/c11-9(4-5-16-6-9)7(13)12-10(8(14)15)2-1-3-10/h1-6,11H2,(H,12,13)(H,14,15). The van der Waals surface area contributed by atoms with Gasteiger partial charge in [0.1, 0.15) is 11.1 Å². The van der Waals surface area contributed by atoms with Crippen LogP contribution in [0.1, 0.15) is 25.7 Å². The zero-order chi connectivity index (χ0) is 11.8. The van der Waals surface area contributed by atoms with Gasteiger partial charge in [0.2, 0.25) is 5.91 Å². The number of aliphatic carboxylic acids is 1. The third kappa shape index (κ3) is 1.68. The van der Waals surface area contributed by atoms with Crippen molar-refractivity contribution >= 4 is 11.9 Å². The quantitative estimate of drug-likeness (QED) is 0.588. The van der Waals surface area contributed by atoms with Crippen LogP contribution in [0.2, 0.25) is 0 Å². The average Bonchev–Trinajstić information content (AvgIpc) is 2.59. The monoisotopic (exact) mass is 228 g/mol. The van der Waals surface area contributed by atoms with Crippen molar-refractivity contribution in [3.63, 3.8) is 0 Å². The first kappa shape index (κ1) is 11.3. The minimum Gasteiger partial charge on any atom is -0.480 e. The Morgan fingerprint density at radius 3 is 2.38 bits per heavy atom. The highest BCUT2D eigenvalue weighted by atomic mass is 16.5. The summed E-state index contributed by atoms with van der Waals surface area (Å²) in [5, 5.41) is 11.6. The summed E-state index contributed by atoms with van der Waals surface area (Å²) >= 11 is 0. The van der Waals surface area contributed by atoms with Crippen LogP contribution in [0.15, 0.2) is 0 Å². The van der Waals surface area contributed by atoms with E-state index in [0.717, 1.165) is 6.42 Å². The summed E-state index contributed by atoms with van der Waals surface area (Å²) in [4.78, 5) is 23.0. The summed E-state index contributed by atoms with van der Waals surface area (Å²) in [5.74, 6) is -1.39. The lowest BCUT2D eigenvalue weighted by atomic mass is 9.76. The van der Waals surface area contributed by atoms with Crippen molar-refractivity contribution in [3.05, 3.63) is 0 Å². The Morgan fingerprint density at radius 2 is 2.00 bits per heavy atom. The number of nitrogens with one attached hydrogen (secondary N) is 1. The van der Waals surface area contributed by atoms with Crippen LogP contribution in [-0.2, 0) is 14.3 Å². The maximum absolute atomic E-state index is 11.9. The van der Waals surface area contributed by atoms with Crippen molar-refractivity contribution in [2.75, 3.05) is 13.2 Å². The van der Waals surface area contributed by atoms with Crippen LogP contribution >= 0.6 is 0 Å². The van der Waals surface area contributed by atoms with Crippen molar-refractivity contribution in [1.82, 2.24) is 5.32 Å². The second-order valence-corrected chi connectivity index (χ2v) is 4.65. The number of carbonyl (C=O) groups is 2. The summed E-state index contributed by atoms with van der Waals surface area (Å²) in [6, 6.07) is 0. The van der Waals surface area contributed by atoms with E-state index in [2.05, 4.69) is 5.32 Å². The molecule has 90 valence electrons. The molecular weight excluding hydrogens is 212 g/mol. The van der Waals surface area contributed by atoms with Crippen LogP contribution in [-0.4, -0.2) is 41.3 Å². The molecule has 2 aliphatic rings. The highest BCUT2D eigenvalue weighted by Crippen LogP contribution is 2.33. The van der Waals surface area contributed by atoms with E-state index in [-0.39, 0.29) is 6.61 Å². The molecule has 1 heterocycles. The Balaban J connectivity index is 2.03. The van der Waals surface area contributed by atoms with E-state index in [4.69, 9.17) is 15.6 Å². The molecule has 4 N–H and O–H groups in total. The molecule has 6 nitrogen and oxygen atoms in total. The summed E-state index contributed by atoms with van der Waals surface area (Å²) in [5.41, 5.74) is 3.71. The van der Waals surface area contributed by atoms with Crippen molar-refractivity contribution in [3.8, 4) is 0 Å². The van der Waals surface area contributed by atoms with Gasteiger partial charge in [0.05, 0.1) is 6.61 Å². The van der Waals surface area contributed by atoms with Crippen LogP contribution in [0.3, 0.4) is 0 Å². The fourth-order valence-electron chi connectivity index (χ4n) is 2.02. The molecule has 1 atom stereocenters. The second kappa shape index (κ2) is 3.71. The number of carboxylic acids is 1. The maximum atomic E-state index is 11.9. The van der Waals surface area contributed by atoms with Crippen molar-refractivity contribution in [1.29, 1.82) is 0 Å². The number of hydrogen-bond acceptors (Lipinski definition) is 4. The highest BCUT2D eigenvalue weighted by Gasteiger charge is 2.49. The van der Waals surface area contributed by atoms with Crippen LogP contribution in [0.25, 0.3) is 0 Å². The number of rotatable bonds is 3. The Hall–Kier alpha value is -1.14. The number of nitrogens with two attached hydrogens (primary N) is 1. The Kier molecular flexibility index (Phi) is 2.63. The molecule has 2 fully saturated rings. The molecule has 1 saturated heterocycles. The van der Waals surface area contributed by atoms with Crippen LogP contribution in [0.5, 0.6) is 0 Å². The van der Waals surface area contributed by atoms with Gasteiger partial charge < -0.3 is 20.9 Å². The van der Waals surface area contributed by atoms with E-state index in [1.165, 1.54) is 0 Å². The summed E-state index contributed by atoms with van der Waals surface area (Å²) in [6.45, 7) is 0.610. The van der Waals surface area contributed by atoms with E-state index in [1.807, 2.05) is 0 Å². The highest BCUT2D eigenvalue weighted by molar-refractivity contribution is 5.92. The van der Waals surface area contributed by atoms with E-state index in [9.17, 15) is 9.59 Å². The molecule has 0 aromatic heterocycles. The lowest BCUT2D eigenvalue weighted by molar-refractivity contribution is -0.152. The normalized spacial score (nSPS) is 31.8. The molecule has 16 heavy (non-hydrogen) atoms. The van der Waals surface area contributed by atoms with Gasteiger partial charge in [0.15, 0.2) is 0 Å². The van der Waals surface area contributed by atoms with E-state index >= 15 is 0 Å². The summed E-state index contributed by atoms with van der Waals surface area (Å²) in [7, 11) is 0. The largest absolute Gasteiger partial charge is 0.480 e. The lowest BCUT2D eigenvalue weighted by Gasteiger charge is -2.40. The Labute approximate surface area is 93.1 Å². The molecule has 2 rings (SSSR count). The first-order valence-corrected chi connectivity index (χ1v) is 5.41. The van der Waals surface area contributed by atoms with Gasteiger partial charge in [0.25, 0.3) is 0 Å². The number of carboxylic acid groups (broad SMARTS) is 1. The minimum atomic E-state index is -1.09. The summed E-state index contributed by atoms with van der Waals surface area (Å²) < 4.78 is 5.07. The molecule has 1 amide bonds. The fourth-order valence-corrected chi connectivity index (χ4v) is 2.02. The molecule has 1 saturated carbocycles. The van der Waals surface area contributed by atoms with Crippen molar-refractivity contribution < 1.29 is 19.4 Å². The van der Waals surface area contributed by atoms with Gasteiger partial charge >= 0.3 is 5.97 Å². The second-order valence-electron chi connectivity index (χ2n) is 4.65. The molecule has 0 radical (unpaired) electrons. The van der Waals surface area contributed by atoms with Crippen LogP contribution in [0, 0.1) is 0 Å². The van der Waals surface area contributed by atoms with Gasteiger partial charge in [-0.05, 0) is 25.7 Å². The minimum absolute atomic E-state index is 0.161. The zero-order valence-corrected chi connectivity index (χ0v) is 8.99. The predicted molar refractivity (Wildman–Crippen MR) is 54.7 cm³/mol. The van der Waals surface area contributed by atoms with Crippen LogP contribution < -0.4 is 11.1 Å². The van der Waals surface area contributed by atoms with Crippen molar-refractivity contribution in [2.45, 2.75) is 36.8 Å². The lowest BCUT2D eigenvalue weighted by Crippen LogP contribution is -2.65. The zero-order valence-electron chi connectivity index (χ0n) is 8.99. The molecule has 1 aliphatic carbocycles. The Bertz CT molecular complexity index is 319. The maximum Gasteiger partial charge on any atom is 0.329 e. The van der Waals surface area contributed by atoms with Gasteiger partial charge in [-0.25, -0.2) is 4.79 Å². The molecule has 0 spiro atoms. The molecular formula is C10H16N2O4. The van der Waals surface area contributed by atoms with Gasteiger partial charge in [0, 0.05) is 6.61 Å². The molecule has 6 heteroatoms. The number of hydrogen-bond donors (Lipinski definition) is 3. The fraction of sp³-hybridized carbons (Fsp3) is 0.800. The SMILES string of the molecule is NC1(C(=O)NC2(C(=O)O)CCC2)CCOC1. The first-order chi connectivity index (χ1) is 7.49. The third-order valence-corrected chi connectivity index (χ3v) is 3.47. The molecule has 0 bridgehead atoms. The molecule has 1 aliphatic heterocycles. The number of amides is 1. The van der Waals surface area contributed by atoms with E-state index in [1.54, 1.807) is 0 Å². The number of ether oxygens (including phenoxy) is 1. The molecule has 0 aromatic rings. The van der Waals surface area contributed by atoms with Gasteiger partial charge in [-0.3, -0.25) is 4.79 Å². The van der Waals surface area contributed by atoms with E-state index in [0.29, 0.717) is 25.9 Å². The smallest absolute Gasteiger partial charge is 0.329 e. The van der Waals surface area contributed by atoms with Gasteiger partial charge in [-0.1, -0.05) is 0 Å². The average molecular weight is 228 g/mol. The topological polar surface area (TPSA) is 102 Å². The van der Waals surface area contributed by atoms with Crippen molar-refractivity contribution in [2.24, 2.45) is 5.73 Å². The van der Waals surface area contributed by atoms with E-state index < -0.39 is 23.0 Å². The molecule has 0 aromatic carbocycles. The summed E-state index contributed by atoms with van der Waals surface area (Å²) in [6.07, 6.45) is 2.21. The number of carbonyl (C=O) groups excluding carboxylic acids is 1. The van der Waals surface area contributed by atoms with Crippen LogP contribution in [0.4, 0.5) is 0 Å². The third-order valence-electron chi connectivity index (χ3n) is 3.47. The predicted octanol–water partition coefficient (Wildman–Crippen LogP) is -0.772. The molecule has 1 unspecified atom stereocenters. The Morgan fingerprint density at radius 1 is 1.31 bits per heavy atom. The first-order valence-electron chi connectivity index (χ1n) is 5.41. The van der Waals surface area contributed by atoms with Gasteiger partial charge in [-0.2, -0.15) is 0 Å².